The van der Waals surface area contributed by atoms with Gasteiger partial charge in [-0.25, -0.2) is 0 Å². The third-order valence-electron chi connectivity index (χ3n) is 4.53. The number of benzene rings is 1. The van der Waals surface area contributed by atoms with E-state index in [1.807, 2.05) is 0 Å². The van der Waals surface area contributed by atoms with E-state index >= 15 is 0 Å². The number of hydrogen-bond donors (Lipinski definition) is 1. The average molecular weight is 288 g/mol. The molecule has 1 aromatic carbocycles. The van der Waals surface area contributed by atoms with Gasteiger partial charge in [0.25, 0.3) is 0 Å². The summed E-state index contributed by atoms with van der Waals surface area (Å²) in [6, 6.07) is 9.30. The zero-order valence-corrected chi connectivity index (χ0v) is 13.4. The molecule has 0 atom stereocenters. The first-order valence-corrected chi connectivity index (χ1v) is 8.28. The van der Waals surface area contributed by atoms with Crippen LogP contribution in [0.2, 0.25) is 0 Å². The standard InChI is InChI=1S/C18H28N2O/c1-18(2)9-10-20(14-18)11-12-21-17-7-3-15(4-8-17)13-19-16-5-6-16/h3-4,7-8,16,19H,5-6,9-14H2,1-2H3. The minimum atomic E-state index is 0.482. The third-order valence-corrected chi connectivity index (χ3v) is 4.53. The van der Waals surface area contributed by atoms with E-state index < -0.39 is 0 Å². The number of nitrogens with zero attached hydrogens (tertiary/aromatic N) is 1. The zero-order chi connectivity index (χ0) is 14.7. The lowest BCUT2D eigenvalue weighted by molar-refractivity contribution is 0.222. The molecular weight excluding hydrogens is 260 g/mol. The van der Waals surface area contributed by atoms with E-state index in [-0.39, 0.29) is 0 Å². The van der Waals surface area contributed by atoms with Gasteiger partial charge in [-0.1, -0.05) is 26.0 Å². The van der Waals surface area contributed by atoms with Crippen molar-refractivity contribution in [2.75, 3.05) is 26.2 Å². The maximum atomic E-state index is 5.87. The SMILES string of the molecule is CC1(C)CCN(CCOc2ccc(CNC3CC3)cc2)C1. The number of hydrogen-bond acceptors (Lipinski definition) is 3. The van der Waals surface area contributed by atoms with Gasteiger partial charge < -0.3 is 10.1 Å². The Hall–Kier alpha value is -1.06. The van der Waals surface area contributed by atoms with E-state index in [9.17, 15) is 0 Å². The van der Waals surface area contributed by atoms with E-state index in [1.165, 1.54) is 37.9 Å². The monoisotopic (exact) mass is 288 g/mol. The lowest BCUT2D eigenvalue weighted by Gasteiger charge is -2.19. The minimum absolute atomic E-state index is 0.482. The first kappa shape index (κ1) is 14.9. The molecule has 1 aliphatic carbocycles. The summed E-state index contributed by atoms with van der Waals surface area (Å²) in [4.78, 5) is 2.51. The lowest BCUT2D eigenvalue weighted by atomic mass is 9.93. The molecule has 3 rings (SSSR count). The van der Waals surface area contributed by atoms with Crippen LogP contribution in [0.1, 0.15) is 38.7 Å². The Morgan fingerprint density at radius 3 is 2.62 bits per heavy atom. The smallest absolute Gasteiger partial charge is 0.119 e. The second kappa shape index (κ2) is 6.37. The summed E-state index contributed by atoms with van der Waals surface area (Å²) in [6.07, 6.45) is 3.98. The Morgan fingerprint density at radius 1 is 1.24 bits per heavy atom. The molecule has 0 aromatic heterocycles. The number of likely N-dealkylation sites (tertiary alicyclic amines) is 1. The zero-order valence-electron chi connectivity index (χ0n) is 13.4. The molecule has 1 saturated heterocycles. The highest BCUT2D eigenvalue weighted by Gasteiger charge is 2.28. The van der Waals surface area contributed by atoms with E-state index in [4.69, 9.17) is 4.74 Å². The summed E-state index contributed by atoms with van der Waals surface area (Å²) in [5.41, 5.74) is 1.83. The van der Waals surface area contributed by atoms with Crippen LogP contribution in [0.25, 0.3) is 0 Å². The summed E-state index contributed by atoms with van der Waals surface area (Å²) in [5, 5.41) is 3.53. The van der Waals surface area contributed by atoms with E-state index in [0.717, 1.165) is 31.5 Å². The maximum Gasteiger partial charge on any atom is 0.119 e. The summed E-state index contributed by atoms with van der Waals surface area (Å²) in [7, 11) is 0. The normalized spacial score (nSPS) is 21.6. The molecule has 1 aliphatic heterocycles. The third kappa shape index (κ3) is 4.72. The molecule has 1 heterocycles. The van der Waals surface area contributed by atoms with Gasteiger partial charge in [0.15, 0.2) is 0 Å². The predicted octanol–water partition coefficient (Wildman–Crippen LogP) is 3.05. The van der Waals surface area contributed by atoms with E-state index in [1.54, 1.807) is 0 Å². The fourth-order valence-corrected chi connectivity index (χ4v) is 2.96. The molecule has 1 saturated carbocycles. The van der Waals surface area contributed by atoms with Crippen LogP contribution in [0, 0.1) is 5.41 Å². The Morgan fingerprint density at radius 2 is 2.00 bits per heavy atom. The van der Waals surface area contributed by atoms with E-state index in [2.05, 4.69) is 48.3 Å². The van der Waals surface area contributed by atoms with Crippen LogP contribution in [0.4, 0.5) is 0 Å². The van der Waals surface area contributed by atoms with Crippen molar-refractivity contribution in [1.29, 1.82) is 0 Å². The lowest BCUT2D eigenvalue weighted by Crippen LogP contribution is -2.27. The molecule has 3 nitrogen and oxygen atoms in total. The Labute approximate surface area is 128 Å². The highest BCUT2D eigenvalue weighted by atomic mass is 16.5. The van der Waals surface area contributed by atoms with Gasteiger partial charge in [0.05, 0.1) is 0 Å². The molecule has 116 valence electrons. The van der Waals surface area contributed by atoms with Gasteiger partial charge in [0.1, 0.15) is 12.4 Å². The van der Waals surface area contributed by atoms with Crippen molar-refractivity contribution < 1.29 is 4.74 Å². The second-order valence-electron chi connectivity index (χ2n) is 7.34. The van der Waals surface area contributed by atoms with Gasteiger partial charge in [-0.15, -0.1) is 0 Å². The molecule has 2 aliphatic rings. The van der Waals surface area contributed by atoms with Crippen LogP contribution >= 0.6 is 0 Å². The second-order valence-corrected chi connectivity index (χ2v) is 7.34. The van der Waals surface area contributed by atoms with Crippen molar-refractivity contribution in [1.82, 2.24) is 10.2 Å². The van der Waals surface area contributed by atoms with Gasteiger partial charge >= 0.3 is 0 Å². The summed E-state index contributed by atoms with van der Waals surface area (Å²) >= 11 is 0. The topological polar surface area (TPSA) is 24.5 Å². The van der Waals surface area contributed by atoms with Gasteiger partial charge in [-0.2, -0.15) is 0 Å². The molecule has 3 heteroatoms. The van der Waals surface area contributed by atoms with Gasteiger partial charge in [-0.05, 0) is 48.9 Å². The molecule has 21 heavy (non-hydrogen) atoms. The van der Waals surface area contributed by atoms with Crippen LogP contribution in [-0.4, -0.2) is 37.2 Å². The van der Waals surface area contributed by atoms with Gasteiger partial charge in [0, 0.05) is 25.7 Å². The first-order chi connectivity index (χ1) is 10.1. The van der Waals surface area contributed by atoms with Crippen LogP contribution in [-0.2, 0) is 6.54 Å². The summed E-state index contributed by atoms with van der Waals surface area (Å²) in [6.45, 7) is 9.91. The van der Waals surface area contributed by atoms with Crippen molar-refractivity contribution in [2.45, 2.75) is 45.7 Å². The number of ether oxygens (including phenoxy) is 1. The molecule has 0 spiro atoms. The van der Waals surface area contributed by atoms with Crippen LogP contribution in [0.5, 0.6) is 5.75 Å². The summed E-state index contributed by atoms with van der Waals surface area (Å²) < 4.78 is 5.87. The molecule has 0 unspecified atom stereocenters. The van der Waals surface area contributed by atoms with Crippen molar-refractivity contribution in [3.8, 4) is 5.75 Å². The summed E-state index contributed by atoms with van der Waals surface area (Å²) in [5.74, 6) is 0.989. The molecule has 0 amide bonds. The first-order valence-electron chi connectivity index (χ1n) is 8.28. The minimum Gasteiger partial charge on any atom is -0.492 e. The van der Waals surface area contributed by atoms with Gasteiger partial charge in [0.2, 0.25) is 0 Å². The molecule has 0 radical (unpaired) electrons. The molecule has 2 fully saturated rings. The van der Waals surface area contributed by atoms with Crippen molar-refractivity contribution in [3.63, 3.8) is 0 Å². The van der Waals surface area contributed by atoms with E-state index in [0.29, 0.717) is 5.41 Å². The number of nitrogens with one attached hydrogen (secondary N) is 1. The fraction of sp³-hybridized carbons (Fsp3) is 0.667. The average Bonchev–Trinajstić information content (AvgIpc) is 3.22. The van der Waals surface area contributed by atoms with Crippen molar-refractivity contribution >= 4 is 0 Å². The Balaban J connectivity index is 1.37. The van der Waals surface area contributed by atoms with Crippen molar-refractivity contribution in [2.24, 2.45) is 5.41 Å². The Bertz CT molecular complexity index is 451. The largest absolute Gasteiger partial charge is 0.492 e. The Kier molecular flexibility index (Phi) is 4.51. The fourth-order valence-electron chi connectivity index (χ4n) is 2.96. The molecule has 0 bridgehead atoms. The highest BCUT2D eigenvalue weighted by molar-refractivity contribution is 5.27. The molecule has 1 aromatic rings. The quantitative estimate of drug-likeness (QED) is 0.834. The maximum absolute atomic E-state index is 5.87. The number of rotatable bonds is 7. The molecular formula is C18H28N2O. The predicted molar refractivity (Wildman–Crippen MR) is 86.6 cm³/mol. The molecule has 1 N–H and O–H groups in total. The van der Waals surface area contributed by atoms with Crippen LogP contribution in [0.15, 0.2) is 24.3 Å². The van der Waals surface area contributed by atoms with Crippen LogP contribution in [0.3, 0.4) is 0 Å². The highest BCUT2D eigenvalue weighted by Crippen LogP contribution is 2.28. The van der Waals surface area contributed by atoms with Crippen LogP contribution < -0.4 is 10.1 Å². The van der Waals surface area contributed by atoms with Gasteiger partial charge in [-0.3, -0.25) is 4.90 Å². The van der Waals surface area contributed by atoms with Crippen molar-refractivity contribution in [3.05, 3.63) is 29.8 Å².